The van der Waals surface area contributed by atoms with Crippen LogP contribution in [0.15, 0.2) is 11.5 Å². The van der Waals surface area contributed by atoms with E-state index in [4.69, 9.17) is 10.9 Å². The van der Waals surface area contributed by atoms with E-state index < -0.39 is 0 Å². The molecule has 0 aliphatic heterocycles. The first-order valence-corrected chi connectivity index (χ1v) is 5.12. The molecule has 7 heteroatoms. The molecule has 0 unspecified atom stereocenters. The molecule has 0 amide bonds. The van der Waals surface area contributed by atoms with Crippen molar-refractivity contribution in [2.24, 2.45) is 5.16 Å². The van der Waals surface area contributed by atoms with E-state index >= 15 is 0 Å². The fourth-order valence-electron chi connectivity index (χ4n) is 1.61. The summed E-state index contributed by atoms with van der Waals surface area (Å²) in [7, 11) is 0. The maximum absolute atomic E-state index is 8.62. The molecule has 0 aromatic carbocycles. The van der Waals surface area contributed by atoms with Crippen LogP contribution in [0.5, 0.6) is 0 Å². The first kappa shape index (κ1) is 11.3. The molecule has 3 N–H and O–H groups in total. The van der Waals surface area contributed by atoms with Crippen molar-refractivity contribution in [3.8, 4) is 0 Å². The van der Waals surface area contributed by atoms with Crippen LogP contribution in [-0.4, -0.2) is 31.2 Å². The van der Waals surface area contributed by atoms with Crippen molar-refractivity contribution in [2.45, 2.75) is 26.3 Å². The van der Waals surface area contributed by atoms with Crippen LogP contribution in [0.4, 0.5) is 5.82 Å². The van der Waals surface area contributed by atoms with Gasteiger partial charge in [0.1, 0.15) is 17.8 Å². The van der Waals surface area contributed by atoms with Gasteiger partial charge in [-0.3, -0.25) is 0 Å². The van der Waals surface area contributed by atoms with Gasteiger partial charge in [-0.25, -0.2) is 14.6 Å². The summed E-state index contributed by atoms with van der Waals surface area (Å²) in [5, 5.41) is 16.5. The smallest absolute Gasteiger partial charge is 0.164 e. The van der Waals surface area contributed by atoms with Crippen molar-refractivity contribution in [3.63, 3.8) is 0 Å². The largest absolute Gasteiger partial charge is 0.411 e. The van der Waals surface area contributed by atoms with Crippen LogP contribution < -0.4 is 5.73 Å². The number of rotatable bonds is 1. The van der Waals surface area contributed by atoms with Crippen LogP contribution in [0.1, 0.15) is 26.5 Å². The third-order valence-corrected chi connectivity index (χ3v) is 2.34. The Bertz CT molecular complexity index is 580. The van der Waals surface area contributed by atoms with E-state index in [-0.39, 0.29) is 5.54 Å². The maximum Gasteiger partial charge on any atom is 0.164 e. The van der Waals surface area contributed by atoms with Crippen molar-refractivity contribution in [2.75, 3.05) is 5.73 Å². The molecule has 2 aromatic heterocycles. The number of hydrogen-bond acceptors (Lipinski definition) is 6. The summed E-state index contributed by atoms with van der Waals surface area (Å²) in [6.45, 7) is 5.99. The number of aromatic nitrogens is 4. The van der Waals surface area contributed by atoms with Gasteiger partial charge in [-0.05, 0) is 20.8 Å². The van der Waals surface area contributed by atoms with Gasteiger partial charge < -0.3 is 10.9 Å². The zero-order valence-electron chi connectivity index (χ0n) is 9.92. The minimum absolute atomic E-state index is 0.249. The lowest BCUT2D eigenvalue weighted by atomic mass is 10.1. The molecule has 0 radical (unpaired) electrons. The lowest BCUT2D eigenvalue weighted by molar-refractivity contribution is 0.321. The molecule has 0 saturated carbocycles. The van der Waals surface area contributed by atoms with E-state index in [2.05, 4.69) is 20.2 Å². The summed E-state index contributed by atoms with van der Waals surface area (Å²) in [6.07, 6.45) is 2.62. The van der Waals surface area contributed by atoms with Gasteiger partial charge in [0.15, 0.2) is 5.65 Å². The fourth-order valence-corrected chi connectivity index (χ4v) is 1.61. The third-order valence-electron chi connectivity index (χ3n) is 2.34. The summed E-state index contributed by atoms with van der Waals surface area (Å²) >= 11 is 0. The highest BCUT2D eigenvalue weighted by molar-refractivity contribution is 6.00. The van der Waals surface area contributed by atoms with Gasteiger partial charge in [0, 0.05) is 0 Å². The van der Waals surface area contributed by atoms with E-state index in [1.54, 1.807) is 4.68 Å². The zero-order chi connectivity index (χ0) is 12.6. The van der Waals surface area contributed by atoms with E-state index in [1.807, 2.05) is 20.8 Å². The van der Waals surface area contributed by atoms with Crippen molar-refractivity contribution in [1.82, 2.24) is 19.7 Å². The molecule has 0 atom stereocenters. The van der Waals surface area contributed by atoms with Gasteiger partial charge >= 0.3 is 0 Å². The average Bonchev–Trinajstić information content (AvgIpc) is 2.59. The second-order valence-electron chi connectivity index (χ2n) is 4.67. The van der Waals surface area contributed by atoms with Crippen LogP contribution in [0.2, 0.25) is 0 Å². The SMILES string of the molecule is CC(C)(C)n1nc(/C=N/O)c2c(N)ncnc21. The lowest BCUT2D eigenvalue weighted by Gasteiger charge is -2.19. The van der Waals surface area contributed by atoms with Crippen LogP contribution in [0, 0.1) is 0 Å². The Morgan fingerprint density at radius 2 is 2.12 bits per heavy atom. The normalized spacial score (nSPS) is 12.6. The first-order chi connectivity index (χ1) is 7.95. The summed E-state index contributed by atoms with van der Waals surface area (Å²) < 4.78 is 1.73. The van der Waals surface area contributed by atoms with Crippen LogP contribution in [-0.2, 0) is 5.54 Å². The molecule has 2 rings (SSSR count). The Hall–Kier alpha value is -2.18. The number of nitrogens with zero attached hydrogens (tertiary/aromatic N) is 5. The highest BCUT2D eigenvalue weighted by atomic mass is 16.4. The van der Waals surface area contributed by atoms with Crippen molar-refractivity contribution < 1.29 is 5.21 Å². The van der Waals surface area contributed by atoms with E-state index in [1.165, 1.54) is 12.5 Å². The molecule has 17 heavy (non-hydrogen) atoms. The second-order valence-corrected chi connectivity index (χ2v) is 4.67. The average molecular weight is 234 g/mol. The molecule has 7 nitrogen and oxygen atoms in total. The Morgan fingerprint density at radius 3 is 2.71 bits per heavy atom. The van der Waals surface area contributed by atoms with Gasteiger partial charge in [0.2, 0.25) is 0 Å². The van der Waals surface area contributed by atoms with Gasteiger partial charge in [-0.1, -0.05) is 5.16 Å². The first-order valence-electron chi connectivity index (χ1n) is 5.12. The van der Waals surface area contributed by atoms with Crippen LogP contribution in [0.3, 0.4) is 0 Å². The van der Waals surface area contributed by atoms with E-state index in [0.717, 1.165) is 0 Å². The van der Waals surface area contributed by atoms with Gasteiger partial charge in [0.25, 0.3) is 0 Å². The van der Waals surface area contributed by atoms with Crippen LogP contribution >= 0.6 is 0 Å². The number of anilines is 1. The molecule has 0 aliphatic carbocycles. The minimum Gasteiger partial charge on any atom is -0.411 e. The molecule has 0 aliphatic rings. The highest BCUT2D eigenvalue weighted by Gasteiger charge is 2.22. The molecule has 0 bridgehead atoms. The fraction of sp³-hybridized carbons (Fsp3) is 0.400. The topological polar surface area (TPSA) is 102 Å². The molecule has 0 spiro atoms. The Balaban J connectivity index is 2.85. The number of nitrogen functional groups attached to an aromatic ring is 1. The number of fused-ring (bicyclic) bond motifs is 1. The molecule has 0 saturated heterocycles. The molecule has 2 aromatic rings. The molecule has 90 valence electrons. The number of oxime groups is 1. The zero-order valence-corrected chi connectivity index (χ0v) is 9.92. The maximum atomic E-state index is 8.62. The Morgan fingerprint density at radius 1 is 1.41 bits per heavy atom. The van der Waals surface area contributed by atoms with Gasteiger partial charge in [-0.2, -0.15) is 5.10 Å². The van der Waals surface area contributed by atoms with Crippen molar-refractivity contribution >= 4 is 23.1 Å². The molecule has 0 fully saturated rings. The van der Waals surface area contributed by atoms with E-state index in [0.29, 0.717) is 22.5 Å². The minimum atomic E-state index is -0.249. The third kappa shape index (κ3) is 1.79. The monoisotopic (exact) mass is 234 g/mol. The van der Waals surface area contributed by atoms with Crippen molar-refractivity contribution in [3.05, 3.63) is 12.0 Å². The van der Waals surface area contributed by atoms with E-state index in [9.17, 15) is 0 Å². The summed E-state index contributed by atoms with van der Waals surface area (Å²) in [5.74, 6) is 0.320. The predicted molar refractivity (Wildman–Crippen MR) is 64.1 cm³/mol. The van der Waals surface area contributed by atoms with Gasteiger partial charge in [-0.15, -0.1) is 0 Å². The lowest BCUT2D eigenvalue weighted by Crippen LogP contribution is -2.23. The molecule has 2 heterocycles. The second kappa shape index (κ2) is 3.69. The summed E-state index contributed by atoms with van der Waals surface area (Å²) in [6, 6.07) is 0. The van der Waals surface area contributed by atoms with Crippen molar-refractivity contribution in [1.29, 1.82) is 0 Å². The van der Waals surface area contributed by atoms with Gasteiger partial charge in [0.05, 0.1) is 17.1 Å². The predicted octanol–water partition coefficient (Wildman–Crippen LogP) is 0.972. The number of hydrogen-bond donors (Lipinski definition) is 2. The molecular formula is C10H14N6O. The summed E-state index contributed by atoms with van der Waals surface area (Å²) in [5.41, 5.74) is 6.63. The van der Waals surface area contributed by atoms with Crippen LogP contribution in [0.25, 0.3) is 11.0 Å². The number of nitrogens with two attached hydrogens (primary N) is 1. The summed E-state index contributed by atoms with van der Waals surface area (Å²) in [4.78, 5) is 8.09. The molecular weight excluding hydrogens is 220 g/mol. The Labute approximate surface area is 98.0 Å². The standard InChI is InChI=1S/C10H14N6O/c1-10(2,3)16-9-7(6(15-16)4-14-17)8(11)12-5-13-9/h4-5,17H,1-3H3,(H2,11,12,13)/b14-4+. The highest BCUT2D eigenvalue weighted by Crippen LogP contribution is 2.25. The quantitative estimate of drug-likeness (QED) is 0.435. The Kier molecular flexibility index (Phi) is 2.45.